The summed E-state index contributed by atoms with van der Waals surface area (Å²) < 4.78 is 0. The number of nitrogens with zero attached hydrogens (tertiary/aromatic N) is 2. The van der Waals surface area contributed by atoms with E-state index in [4.69, 9.17) is 0 Å². The molecule has 2 heterocycles. The van der Waals surface area contributed by atoms with Crippen LogP contribution in [0.2, 0.25) is 0 Å². The van der Waals surface area contributed by atoms with Gasteiger partial charge in [0.15, 0.2) is 5.13 Å². The zero-order chi connectivity index (χ0) is 17.6. The Hall–Kier alpha value is -2.84. The van der Waals surface area contributed by atoms with E-state index in [-0.39, 0.29) is 11.8 Å². The monoisotopic (exact) mass is 370 g/mol. The number of hydrogen-bond acceptors (Lipinski definition) is 6. The van der Waals surface area contributed by atoms with E-state index in [1.807, 2.05) is 35.0 Å². The highest BCUT2D eigenvalue weighted by molar-refractivity contribution is 7.14. The topological polar surface area (TPSA) is 84.0 Å². The quantitative estimate of drug-likeness (QED) is 0.668. The Bertz CT molecular complexity index is 899. The van der Waals surface area contributed by atoms with E-state index in [2.05, 4.69) is 20.6 Å². The molecular formula is C17H14N4O2S2. The van der Waals surface area contributed by atoms with E-state index in [0.29, 0.717) is 5.13 Å². The molecule has 0 unspecified atom stereocenters. The molecule has 0 aliphatic heterocycles. The molecule has 0 radical (unpaired) electrons. The van der Waals surface area contributed by atoms with Gasteiger partial charge in [0.25, 0.3) is 0 Å². The lowest BCUT2D eigenvalue weighted by molar-refractivity contribution is -0.114. The van der Waals surface area contributed by atoms with Gasteiger partial charge >= 0.3 is 0 Å². The van der Waals surface area contributed by atoms with Crippen LogP contribution in [0, 0.1) is 0 Å². The average Bonchev–Trinajstić information content (AvgIpc) is 3.25. The fourth-order valence-electron chi connectivity index (χ4n) is 2.00. The van der Waals surface area contributed by atoms with Crippen molar-refractivity contribution in [3.8, 4) is 11.3 Å². The summed E-state index contributed by atoms with van der Waals surface area (Å²) in [5.41, 5.74) is 2.40. The van der Waals surface area contributed by atoms with Crippen molar-refractivity contribution < 1.29 is 9.59 Å². The Morgan fingerprint density at radius 2 is 1.92 bits per heavy atom. The Morgan fingerprint density at radius 3 is 2.60 bits per heavy atom. The van der Waals surface area contributed by atoms with Crippen LogP contribution in [0.15, 0.2) is 47.3 Å². The SMILES string of the molecule is CC(=O)Nc1ccc(-c2csc(NC(=O)C=Cc3nccs3)n2)cc1. The number of hydrogen-bond donors (Lipinski definition) is 2. The Balaban J connectivity index is 1.63. The zero-order valence-corrected chi connectivity index (χ0v) is 14.9. The number of rotatable bonds is 5. The van der Waals surface area contributed by atoms with Crippen LogP contribution in [0.25, 0.3) is 17.3 Å². The largest absolute Gasteiger partial charge is 0.326 e. The van der Waals surface area contributed by atoms with Crippen LogP contribution in [0.1, 0.15) is 11.9 Å². The highest BCUT2D eigenvalue weighted by Gasteiger charge is 2.07. The summed E-state index contributed by atoms with van der Waals surface area (Å²) in [4.78, 5) is 31.4. The van der Waals surface area contributed by atoms with E-state index in [1.54, 1.807) is 12.3 Å². The van der Waals surface area contributed by atoms with Crippen LogP contribution in [0.3, 0.4) is 0 Å². The number of thiazole rings is 2. The summed E-state index contributed by atoms with van der Waals surface area (Å²) in [6.45, 7) is 1.46. The molecule has 0 saturated heterocycles. The standard InChI is InChI=1S/C17H14N4O2S2/c1-11(22)19-13-4-2-12(3-5-13)14-10-25-17(20-14)21-15(23)6-7-16-18-8-9-24-16/h2-10H,1H3,(H,19,22)(H,20,21,23). The zero-order valence-electron chi connectivity index (χ0n) is 13.2. The average molecular weight is 370 g/mol. The van der Waals surface area contributed by atoms with E-state index < -0.39 is 0 Å². The molecule has 0 aliphatic rings. The van der Waals surface area contributed by atoms with Crippen molar-refractivity contribution in [3.05, 3.63) is 52.3 Å². The highest BCUT2D eigenvalue weighted by atomic mass is 32.1. The van der Waals surface area contributed by atoms with Gasteiger partial charge in [-0.1, -0.05) is 12.1 Å². The van der Waals surface area contributed by atoms with Crippen LogP contribution >= 0.6 is 22.7 Å². The second kappa shape index (κ2) is 7.82. The van der Waals surface area contributed by atoms with Crippen molar-refractivity contribution in [2.75, 3.05) is 10.6 Å². The van der Waals surface area contributed by atoms with Gasteiger partial charge in [-0.25, -0.2) is 9.97 Å². The molecule has 0 fully saturated rings. The normalized spacial score (nSPS) is 10.8. The molecular weight excluding hydrogens is 356 g/mol. The number of nitrogens with one attached hydrogen (secondary N) is 2. The third kappa shape index (κ3) is 4.82. The van der Waals surface area contributed by atoms with Crippen molar-refractivity contribution in [2.24, 2.45) is 0 Å². The maximum atomic E-state index is 11.9. The molecule has 0 atom stereocenters. The smallest absolute Gasteiger partial charge is 0.250 e. The van der Waals surface area contributed by atoms with Crippen LogP contribution in [0.5, 0.6) is 0 Å². The van der Waals surface area contributed by atoms with Crippen molar-refractivity contribution >= 4 is 51.4 Å². The molecule has 8 heteroatoms. The van der Waals surface area contributed by atoms with E-state index in [1.165, 1.54) is 35.7 Å². The fourth-order valence-corrected chi connectivity index (χ4v) is 3.25. The molecule has 25 heavy (non-hydrogen) atoms. The van der Waals surface area contributed by atoms with E-state index in [9.17, 15) is 9.59 Å². The van der Waals surface area contributed by atoms with Gasteiger partial charge in [0, 0.05) is 41.2 Å². The maximum Gasteiger partial charge on any atom is 0.250 e. The third-order valence-electron chi connectivity index (χ3n) is 3.06. The first-order valence-electron chi connectivity index (χ1n) is 7.32. The lowest BCUT2D eigenvalue weighted by Crippen LogP contribution is -2.07. The second-order valence-corrected chi connectivity index (χ2v) is 6.77. The number of amides is 2. The Labute approximate surface area is 152 Å². The molecule has 1 aromatic carbocycles. The van der Waals surface area contributed by atoms with Crippen molar-refractivity contribution in [1.29, 1.82) is 0 Å². The van der Waals surface area contributed by atoms with Gasteiger partial charge in [0.1, 0.15) is 5.01 Å². The first-order chi connectivity index (χ1) is 12.1. The predicted molar refractivity (Wildman–Crippen MR) is 102 cm³/mol. The fraction of sp³-hybridized carbons (Fsp3) is 0.0588. The summed E-state index contributed by atoms with van der Waals surface area (Å²) >= 11 is 2.81. The highest BCUT2D eigenvalue weighted by Crippen LogP contribution is 2.26. The molecule has 0 aliphatic carbocycles. The maximum absolute atomic E-state index is 11.9. The van der Waals surface area contributed by atoms with Crippen LogP contribution in [-0.4, -0.2) is 21.8 Å². The van der Waals surface area contributed by atoms with Gasteiger partial charge in [-0.05, 0) is 18.2 Å². The summed E-state index contributed by atoms with van der Waals surface area (Å²) in [6, 6.07) is 7.36. The van der Waals surface area contributed by atoms with Crippen LogP contribution < -0.4 is 10.6 Å². The van der Waals surface area contributed by atoms with Gasteiger partial charge in [-0.3, -0.25) is 14.9 Å². The number of benzene rings is 1. The van der Waals surface area contributed by atoms with Gasteiger partial charge in [-0.2, -0.15) is 0 Å². The lowest BCUT2D eigenvalue weighted by Gasteiger charge is -2.02. The van der Waals surface area contributed by atoms with Crippen molar-refractivity contribution in [1.82, 2.24) is 9.97 Å². The minimum Gasteiger partial charge on any atom is -0.326 e. The van der Waals surface area contributed by atoms with Gasteiger partial charge in [0.05, 0.1) is 5.69 Å². The molecule has 0 bridgehead atoms. The van der Waals surface area contributed by atoms with Gasteiger partial charge < -0.3 is 5.32 Å². The van der Waals surface area contributed by atoms with Crippen LogP contribution in [0.4, 0.5) is 10.8 Å². The number of aromatic nitrogens is 2. The summed E-state index contributed by atoms with van der Waals surface area (Å²) in [6.07, 6.45) is 4.78. The minimum atomic E-state index is -0.253. The first-order valence-corrected chi connectivity index (χ1v) is 9.08. The molecule has 2 amide bonds. The molecule has 126 valence electrons. The summed E-state index contributed by atoms with van der Waals surface area (Å²) in [7, 11) is 0. The third-order valence-corrected chi connectivity index (χ3v) is 4.56. The Morgan fingerprint density at radius 1 is 1.12 bits per heavy atom. The van der Waals surface area contributed by atoms with Crippen molar-refractivity contribution in [3.63, 3.8) is 0 Å². The number of carbonyl (C=O) groups excluding carboxylic acids is 2. The lowest BCUT2D eigenvalue weighted by atomic mass is 10.1. The van der Waals surface area contributed by atoms with Crippen molar-refractivity contribution in [2.45, 2.75) is 6.92 Å². The second-order valence-electron chi connectivity index (χ2n) is 4.99. The molecule has 3 rings (SSSR count). The van der Waals surface area contributed by atoms with Gasteiger partial charge in [-0.15, -0.1) is 22.7 Å². The first kappa shape index (κ1) is 17.0. The number of anilines is 2. The van der Waals surface area contributed by atoms with Gasteiger partial charge in [0.2, 0.25) is 11.8 Å². The molecule has 0 spiro atoms. The minimum absolute atomic E-state index is 0.114. The summed E-state index contributed by atoms with van der Waals surface area (Å²) in [5.74, 6) is -0.366. The molecule has 6 nitrogen and oxygen atoms in total. The predicted octanol–water partition coefficient (Wildman–Crippen LogP) is 3.88. The molecule has 2 N–H and O–H groups in total. The van der Waals surface area contributed by atoms with E-state index in [0.717, 1.165) is 22.0 Å². The van der Waals surface area contributed by atoms with Crippen LogP contribution in [-0.2, 0) is 9.59 Å². The Kier molecular flexibility index (Phi) is 5.32. The molecule has 3 aromatic rings. The molecule has 0 saturated carbocycles. The molecule has 2 aromatic heterocycles. The summed E-state index contributed by atoms with van der Waals surface area (Å²) in [5, 5.41) is 10.5. The number of carbonyl (C=O) groups is 2. The van der Waals surface area contributed by atoms with E-state index >= 15 is 0 Å².